The lowest BCUT2D eigenvalue weighted by molar-refractivity contribution is -0.228. The molecule has 0 radical (unpaired) electrons. The Morgan fingerprint density at radius 2 is 1.60 bits per heavy atom. The summed E-state index contributed by atoms with van der Waals surface area (Å²) in [7, 11) is 0. The molecular weight excluding hydrogens is 536 g/mol. The summed E-state index contributed by atoms with van der Waals surface area (Å²) >= 11 is 0. The molecule has 4 aliphatic rings. The molecule has 0 aromatic heterocycles. The molecule has 4 aliphatic carbocycles. The highest BCUT2D eigenvalue weighted by molar-refractivity contribution is 6.04. The molecule has 0 spiro atoms. The Hall–Kier alpha value is -2.03. The van der Waals surface area contributed by atoms with Crippen molar-refractivity contribution < 1.29 is 39.2 Å². The lowest BCUT2D eigenvalue weighted by Gasteiger charge is -2.53. The highest BCUT2D eigenvalue weighted by Crippen LogP contribution is 2.77. The molecule has 0 amide bonds. The Labute approximate surface area is 250 Å². The van der Waals surface area contributed by atoms with Crippen LogP contribution < -0.4 is 0 Å². The summed E-state index contributed by atoms with van der Waals surface area (Å²) in [6, 6.07) is 0. The van der Waals surface area contributed by atoms with Gasteiger partial charge < -0.3 is 24.8 Å². The van der Waals surface area contributed by atoms with Gasteiger partial charge in [-0.3, -0.25) is 14.4 Å². The predicted octanol–water partition coefficient (Wildman–Crippen LogP) is 4.97. The highest BCUT2D eigenvalue weighted by atomic mass is 16.6. The number of ketones is 1. The van der Waals surface area contributed by atoms with E-state index in [0.717, 1.165) is 19.3 Å². The number of fused-ring (bicyclic) bond motifs is 5. The molecule has 4 rings (SSSR count). The number of carbonyl (C=O) groups excluding carboxylic acids is 3. The van der Waals surface area contributed by atoms with E-state index in [4.69, 9.17) is 9.47 Å². The van der Waals surface area contributed by atoms with Crippen LogP contribution in [0.1, 0.15) is 112 Å². The fraction of sp³-hybridized carbons (Fsp3) is 0.794. The van der Waals surface area contributed by atoms with Gasteiger partial charge in [0.05, 0.1) is 12.2 Å². The molecule has 2 saturated carbocycles. The molecule has 8 heteroatoms. The summed E-state index contributed by atoms with van der Waals surface area (Å²) in [5.41, 5.74) is -4.71. The number of carbonyl (C=O) groups is 3. The Morgan fingerprint density at radius 1 is 1.00 bits per heavy atom. The zero-order valence-corrected chi connectivity index (χ0v) is 26.4. The van der Waals surface area contributed by atoms with Crippen LogP contribution in [0.5, 0.6) is 0 Å². The normalized spacial score (nSPS) is 37.9. The fourth-order valence-electron chi connectivity index (χ4n) is 8.84. The van der Waals surface area contributed by atoms with Gasteiger partial charge in [0.2, 0.25) is 0 Å². The van der Waals surface area contributed by atoms with Crippen molar-refractivity contribution in [3.05, 3.63) is 23.3 Å². The summed E-state index contributed by atoms with van der Waals surface area (Å²) in [6.45, 7) is 10.4. The minimum atomic E-state index is -1.93. The zero-order valence-electron chi connectivity index (χ0n) is 26.4. The molecule has 236 valence electrons. The Morgan fingerprint density at radius 3 is 2.17 bits per heavy atom. The van der Waals surface area contributed by atoms with E-state index in [1.807, 2.05) is 13.8 Å². The Bertz CT molecular complexity index is 1120. The van der Waals surface area contributed by atoms with Gasteiger partial charge in [0.1, 0.15) is 11.7 Å². The summed E-state index contributed by atoms with van der Waals surface area (Å²) in [6.07, 6.45) is 12.6. The molecule has 0 aromatic carbocycles. The zero-order chi connectivity index (χ0) is 31.1. The van der Waals surface area contributed by atoms with Crippen LogP contribution >= 0.6 is 0 Å². The lowest BCUT2D eigenvalue weighted by Crippen LogP contribution is -2.66. The van der Waals surface area contributed by atoms with Crippen molar-refractivity contribution in [3.8, 4) is 0 Å². The maximum Gasteiger partial charge on any atom is 0.306 e. The van der Waals surface area contributed by atoms with Crippen molar-refractivity contribution in [2.75, 3.05) is 6.61 Å². The van der Waals surface area contributed by atoms with Gasteiger partial charge >= 0.3 is 11.9 Å². The van der Waals surface area contributed by atoms with Gasteiger partial charge in [-0.25, -0.2) is 0 Å². The van der Waals surface area contributed by atoms with Crippen LogP contribution in [-0.4, -0.2) is 62.6 Å². The molecule has 3 N–H and O–H groups in total. The second kappa shape index (κ2) is 12.2. The number of rotatable bonds is 13. The van der Waals surface area contributed by atoms with Gasteiger partial charge in [0.15, 0.2) is 11.4 Å². The van der Waals surface area contributed by atoms with Crippen LogP contribution in [0.25, 0.3) is 0 Å². The van der Waals surface area contributed by atoms with Crippen LogP contribution in [0, 0.1) is 29.1 Å². The van der Waals surface area contributed by atoms with Gasteiger partial charge in [-0.15, -0.1) is 0 Å². The average Bonchev–Trinajstić information content (AvgIpc) is 3.35. The first-order valence-corrected chi connectivity index (χ1v) is 16.1. The van der Waals surface area contributed by atoms with Gasteiger partial charge in [0, 0.05) is 48.9 Å². The molecule has 2 unspecified atom stereocenters. The topological polar surface area (TPSA) is 130 Å². The molecule has 8 atom stereocenters. The van der Waals surface area contributed by atoms with Gasteiger partial charge in [0.25, 0.3) is 0 Å². The number of hydrogen-bond donors (Lipinski definition) is 3. The second-order valence-electron chi connectivity index (χ2n) is 14.0. The van der Waals surface area contributed by atoms with Crippen LogP contribution in [0.15, 0.2) is 23.3 Å². The quantitative estimate of drug-likeness (QED) is 0.156. The molecule has 42 heavy (non-hydrogen) atoms. The molecule has 0 heterocycles. The van der Waals surface area contributed by atoms with E-state index in [1.54, 1.807) is 26.0 Å². The summed E-state index contributed by atoms with van der Waals surface area (Å²) < 4.78 is 12.2. The number of ether oxygens (including phenoxy) is 2. The number of aliphatic hydroxyl groups is 3. The van der Waals surface area contributed by atoms with Crippen molar-refractivity contribution >= 4 is 17.7 Å². The molecular formula is C34H52O8. The standard InChI is InChI=1S/C34H52O8/c1-7-8-9-10-11-12-13-14-15-16-27(37)41-30-22(3)33(40)25(28-31(5,6)34(28,30)42-23(4)36)18-24(20-35)19-32(39)26(33)17-21(2)29(32)38/h17-18,22,25-26,28,30,35,39-40H,7-16,19-20H2,1-6H3/t22-,25?,26?,28-,30-,32-,33-,34-/m1/s1. The lowest BCUT2D eigenvalue weighted by atomic mass is 9.59. The summed E-state index contributed by atoms with van der Waals surface area (Å²) in [4.78, 5) is 39.0. The van der Waals surface area contributed by atoms with E-state index in [2.05, 4.69) is 6.92 Å². The number of hydrogen-bond acceptors (Lipinski definition) is 8. The van der Waals surface area contributed by atoms with Crippen LogP contribution in [0.3, 0.4) is 0 Å². The summed E-state index contributed by atoms with van der Waals surface area (Å²) in [5.74, 6) is -4.30. The van der Waals surface area contributed by atoms with Crippen molar-refractivity contribution in [1.29, 1.82) is 0 Å². The summed E-state index contributed by atoms with van der Waals surface area (Å²) in [5, 5.41) is 34.7. The van der Waals surface area contributed by atoms with Crippen molar-refractivity contribution in [2.24, 2.45) is 29.1 Å². The minimum absolute atomic E-state index is 0.108. The van der Waals surface area contributed by atoms with Crippen molar-refractivity contribution in [1.82, 2.24) is 0 Å². The highest BCUT2D eigenvalue weighted by Gasteiger charge is 2.87. The van der Waals surface area contributed by atoms with Crippen molar-refractivity contribution in [2.45, 2.75) is 135 Å². The molecule has 0 saturated heterocycles. The third kappa shape index (κ3) is 5.19. The second-order valence-corrected chi connectivity index (χ2v) is 14.0. The van der Waals surface area contributed by atoms with Gasteiger partial charge in [-0.05, 0) is 24.5 Å². The maximum atomic E-state index is 13.3. The molecule has 0 bridgehead atoms. The van der Waals surface area contributed by atoms with Gasteiger partial charge in [-0.2, -0.15) is 0 Å². The van der Waals surface area contributed by atoms with E-state index >= 15 is 0 Å². The van der Waals surface area contributed by atoms with E-state index in [1.165, 1.54) is 39.0 Å². The monoisotopic (exact) mass is 588 g/mol. The fourth-order valence-corrected chi connectivity index (χ4v) is 8.84. The van der Waals surface area contributed by atoms with E-state index in [0.29, 0.717) is 17.6 Å². The molecule has 2 fully saturated rings. The van der Waals surface area contributed by atoms with E-state index in [9.17, 15) is 29.7 Å². The number of Topliss-reactive ketones (excluding diaryl/α,β-unsaturated/α-hetero) is 1. The predicted molar refractivity (Wildman–Crippen MR) is 158 cm³/mol. The van der Waals surface area contributed by atoms with Crippen molar-refractivity contribution in [3.63, 3.8) is 0 Å². The first-order chi connectivity index (χ1) is 19.7. The third-order valence-electron chi connectivity index (χ3n) is 11.0. The van der Waals surface area contributed by atoms with Gasteiger partial charge in [-0.1, -0.05) is 91.2 Å². The first-order valence-electron chi connectivity index (χ1n) is 16.1. The number of unbranched alkanes of at least 4 members (excludes halogenated alkanes) is 8. The SMILES string of the molecule is CCCCCCCCCCCC(=O)O[C@@H]1[C@@H](C)[C@@]2(O)C(C=C(CO)C[C@]3(O)C(=O)C(C)=CC23)[C@@H]2C(C)(C)[C@]12OC(C)=O. The molecule has 0 aromatic rings. The Kier molecular flexibility index (Phi) is 9.52. The van der Waals surface area contributed by atoms with E-state index < -0.39 is 69.7 Å². The van der Waals surface area contributed by atoms with Crippen LogP contribution in [-0.2, 0) is 23.9 Å². The van der Waals surface area contributed by atoms with E-state index in [-0.39, 0.29) is 19.4 Å². The minimum Gasteiger partial charge on any atom is -0.458 e. The third-order valence-corrected chi connectivity index (χ3v) is 11.0. The smallest absolute Gasteiger partial charge is 0.306 e. The van der Waals surface area contributed by atoms with Crippen LogP contribution in [0.4, 0.5) is 0 Å². The number of aliphatic hydroxyl groups excluding tert-OH is 1. The average molecular weight is 589 g/mol. The largest absolute Gasteiger partial charge is 0.458 e. The molecule has 8 nitrogen and oxygen atoms in total. The Balaban J connectivity index is 1.59. The number of esters is 2. The molecule has 0 aliphatic heterocycles. The van der Waals surface area contributed by atoms with Crippen LogP contribution in [0.2, 0.25) is 0 Å². The maximum absolute atomic E-state index is 13.3. The first kappa shape index (κ1) is 32.9.